The van der Waals surface area contributed by atoms with E-state index in [1.807, 2.05) is 6.92 Å². The minimum atomic E-state index is 0.820. The third-order valence-electron chi connectivity index (χ3n) is 3.21. The van der Waals surface area contributed by atoms with E-state index < -0.39 is 0 Å². The van der Waals surface area contributed by atoms with Gasteiger partial charge in [0.25, 0.3) is 0 Å². The number of anilines is 1. The van der Waals surface area contributed by atoms with Crippen molar-refractivity contribution in [2.24, 2.45) is 0 Å². The molecular formula is C15H21N3. The highest BCUT2D eigenvalue weighted by Crippen LogP contribution is 2.20. The second-order valence-electron chi connectivity index (χ2n) is 4.71. The van der Waals surface area contributed by atoms with Gasteiger partial charge in [0.05, 0.1) is 17.9 Å². The molecule has 0 fully saturated rings. The molecule has 3 heteroatoms. The standard InChI is InChI=1S/C15H21N3/c1-5-18-14(9-13(4)17-18)10-16-15-11(2)7-6-8-12(15)3/h6-9,16H,5,10H2,1-4H3. The predicted octanol–water partition coefficient (Wildman–Crippen LogP) is 3.44. The van der Waals surface area contributed by atoms with Gasteiger partial charge in [-0.3, -0.25) is 4.68 Å². The zero-order valence-corrected chi connectivity index (χ0v) is 11.6. The molecule has 1 heterocycles. The van der Waals surface area contributed by atoms with Gasteiger partial charge in [0.15, 0.2) is 0 Å². The maximum Gasteiger partial charge on any atom is 0.0597 e. The van der Waals surface area contributed by atoms with Gasteiger partial charge in [0.2, 0.25) is 0 Å². The molecule has 0 saturated carbocycles. The fourth-order valence-electron chi connectivity index (χ4n) is 2.29. The van der Waals surface area contributed by atoms with E-state index in [1.54, 1.807) is 0 Å². The number of aryl methyl sites for hydroxylation is 4. The second-order valence-corrected chi connectivity index (χ2v) is 4.71. The van der Waals surface area contributed by atoms with E-state index in [9.17, 15) is 0 Å². The largest absolute Gasteiger partial charge is 0.379 e. The third-order valence-corrected chi connectivity index (χ3v) is 3.21. The SMILES string of the molecule is CCn1nc(C)cc1CNc1c(C)cccc1C. The van der Waals surface area contributed by atoms with Crippen LogP contribution in [0.2, 0.25) is 0 Å². The Morgan fingerprint density at radius 2 is 1.83 bits per heavy atom. The van der Waals surface area contributed by atoms with Crippen LogP contribution in [0.4, 0.5) is 5.69 Å². The van der Waals surface area contributed by atoms with Gasteiger partial charge in [-0.1, -0.05) is 18.2 Å². The van der Waals surface area contributed by atoms with E-state index in [2.05, 4.69) is 60.1 Å². The minimum Gasteiger partial charge on any atom is -0.379 e. The molecule has 1 aromatic carbocycles. The number of nitrogens with zero attached hydrogens (tertiary/aromatic N) is 2. The van der Waals surface area contributed by atoms with Crippen molar-refractivity contribution < 1.29 is 0 Å². The monoisotopic (exact) mass is 243 g/mol. The molecule has 0 atom stereocenters. The first-order chi connectivity index (χ1) is 8.61. The van der Waals surface area contributed by atoms with Crippen LogP contribution in [-0.4, -0.2) is 9.78 Å². The number of aromatic nitrogens is 2. The Morgan fingerprint density at radius 1 is 1.17 bits per heavy atom. The van der Waals surface area contributed by atoms with Crippen LogP contribution in [0.1, 0.15) is 29.4 Å². The lowest BCUT2D eigenvalue weighted by Gasteiger charge is -2.13. The van der Waals surface area contributed by atoms with E-state index in [-0.39, 0.29) is 0 Å². The van der Waals surface area contributed by atoms with Crippen molar-refractivity contribution in [1.82, 2.24) is 9.78 Å². The van der Waals surface area contributed by atoms with E-state index in [1.165, 1.54) is 22.5 Å². The quantitative estimate of drug-likeness (QED) is 0.891. The number of para-hydroxylation sites is 1. The molecule has 96 valence electrons. The van der Waals surface area contributed by atoms with Crippen LogP contribution in [-0.2, 0) is 13.1 Å². The van der Waals surface area contributed by atoms with Crippen molar-refractivity contribution in [2.75, 3.05) is 5.32 Å². The summed E-state index contributed by atoms with van der Waals surface area (Å²) in [5.74, 6) is 0. The molecule has 0 unspecified atom stereocenters. The highest BCUT2D eigenvalue weighted by atomic mass is 15.3. The van der Waals surface area contributed by atoms with Crippen LogP contribution in [0.5, 0.6) is 0 Å². The van der Waals surface area contributed by atoms with Gasteiger partial charge in [-0.05, 0) is 44.9 Å². The summed E-state index contributed by atoms with van der Waals surface area (Å²) in [6, 6.07) is 8.51. The van der Waals surface area contributed by atoms with Gasteiger partial charge < -0.3 is 5.32 Å². The Bertz CT molecular complexity index is 520. The average Bonchev–Trinajstić information content (AvgIpc) is 2.69. The molecule has 0 amide bonds. The lowest BCUT2D eigenvalue weighted by Crippen LogP contribution is -2.09. The van der Waals surface area contributed by atoms with E-state index in [0.717, 1.165) is 18.8 Å². The molecule has 0 aliphatic carbocycles. The number of hydrogen-bond donors (Lipinski definition) is 1. The molecule has 1 N–H and O–H groups in total. The number of benzene rings is 1. The molecular weight excluding hydrogens is 222 g/mol. The summed E-state index contributed by atoms with van der Waals surface area (Å²) in [5, 5.41) is 7.99. The molecule has 2 rings (SSSR count). The Morgan fingerprint density at radius 3 is 2.44 bits per heavy atom. The summed E-state index contributed by atoms with van der Waals surface area (Å²) < 4.78 is 2.05. The van der Waals surface area contributed by atoms with Crippen LogP contribution < -0.4 is 5.32 Å². The lowest BCUT2D eigenvalue weighted by atomic mass is 10.1. The summed E-state index contributed by atoms with van der Waals surface area (Å²) in [6.45, 7) is 10.2. The lowest BCUT2D eigenvalue weighted by molar-refractivity contribution is 0.623. The Kier molecular flexibility index (Phi) is 3.70. The van der Waals surface area contributed by atoms with Crippen LogP contribution in [0.25, 0.3) is 0 Å². The van der Waals surface area contributed by atoms with Crippen molar-refractivity contribution >= 4 is 5.69 Å². The van der Waals surface area contributed by atoms with Gasteiger partial charge in [0, 0.05) is 12.2 Å². The molecule has 0 radical (unpaired) electrons. The van der Waals surface area contributed by atoms with E-state index >= 15 is 0 Å². The van der Waals surface area contributed by atoms with Gasteiger partial charge >= 0.3 is 0 Å². The Balaban J connectivity index is 2.16. The van der Waals surface area contributed by atoms with Crippen LogP contribution in [0, 0.1) is 20.8 Å². The predicted molar refractivity (Wildman–Crippen MR) is 75.9 cm³/mol. The second kappa shape index (κ2) is 5.25. The first-order valence-corrected chi connectivity index (χ1v) is 6.45. The van der Waals surface area contributed by atoms with Crippen molar-refractivity contribution in [3.8, 4) is 0 Å². The molecule has 18 heavy (non-hydrogen) atoms. The topological polar surface area (TPSA) is 29.9 Å². The summed E-state index contributed by atoms with van der Waals surface area (Å²) in [5.41, 5.74) is 6.12. The maximum absolute atomic E-state index is 4.46. The van der Waals surface area contributed by atoms with Crippen molar-refractivity contribution in [3.05, 3.63) is 46.8 Å². The summed E-state index contributed by atoms with van der Waals surface area (Å²) in [7, 11) is 0. The van der Waals surface area contributed by atoms with E-state index in [4.69, 9.17) is 0 Å². The van der Waals surface area contributed by atoms with Gasteiger partial charge in [-0.25, -0.2) is 0 Å². The smallest absolute Gasteiger partial charge is 0.0597 e. The van der Waals surface area contributed by atoms with Crippen molar-refractivity contribution in [3.63, 3.8) is 0 Å². The molecule has 3 nitrogen and oxygen atoms in total. The summed E-state index contributed by atoms with van der Waals surface area (Å²) in [4.78, 5) is 0. The number of rotatable bonds is 4. The zero-order chi connectivity index (χ0) is 13.1. The Labute approximate surface area is 109 Å². The molecule has 0 aliphatic heterocycles. The maximum atomic E-state index is 4.46. The van der Waals surface area contributed by atoms with Gasteiger partial charge in [0.1, 0.15) is 0 Å². The van der Waals surface area contributed by atoms with Gasteiger partial charge in [-0.2, -0.15) is 5.10 Å². The molecule has 0 saturated heterocycles. The van der Waals surface area contributed by atoms with Crippen LogP contribution in [0.3, 0.4) is 0 Å². The molecule has 0 spiro atoms. The number of nitrogens with one attached hydrogen (secondary N) is 1. The fourth-order valence-corrected chi connectivity index (χ4v) is 2.29. The van der Waals surface area contributed by atoms with Crippen LogP contribution >= 0.6 is 0 Å². The molecule has 0 aliphatic rings. The Hall–Kier alpha value is -1.77. The molecule has 2 aromatic rings. The highest BCUT2D eigenvalue weighted by molar-refractivity contribution is 5.56. The van der Waals surface area contributed by atoms with Crippen molar-refractivity contribution in [1.29, 1.82) is 0 Å². The van der Waals surface area contributed by atoms with Gasteiger partial charge in [-0.15, -0.1) is 0 Å². The summed E-state index contributed by atoms with van der Waals surface area (Å²) >= 11 is 0. The normalized spacial score (nSPS) is 10.7. The molecule has 1 aromatic heterocycles. The highest BCUT2D eigenvalue weighted by Gasteiger charge is 2.06. The van der Waals surface area contributed by atoms with Crippen molar-refractivity contribution in [2.45, 2.75) is 40.8 Å². The van der Waals surface area contributed by atoms with Crippen LogP contribution in [0.15, 0.2) is 24.3 Å². The first kappa shape index (κ1) is 12.7. The third kappa shape index (κ3) is 2.55. The zero-order valence-electron chi connectivity index (χ0n) is 11.6. The summed E-state index contributed by atoms with van der Waals surface area (Å²) in [6.07, 6.45) is 0. The molecule has 0 bridgehead atoms. The number of hydrogen-bond acceptors (Lipinski definition) is 2. The first-order valence-electron chi connectivity index (χ1n) is 6.45. The fraction of sp³-hybridized carbons (Fsp3) is 0.400. The minimum absolute atomic E-state index is 0.820. The van der Waals surface area contributed by atoms with E-state index in [0.29, 0.717) is 0 Å². The average molecular weight is 243 g/mol.